The van der Waals surface area contributed by atoms with Crippen molar-refractivity contribution in [3.8, 4) is 5.69 Å². The third kappa shape index (κ3) is 7.85. The predicted molar refractivity (Wildman–Crippen MR) is 122 cm³/mol. The van der Waals surface area contributed by atoms with E-state index in [2.05, 4.69) is 5.10 Å². The molecule has 2 aromatic rings. The van der Waals surface area contributed by atoms with E-state index in [1.54, 1.807) is 16.8 Å². The van der Waals surface area contributed by atoms with Crippen molar-refractivity contribution < 1.29 is 58.9 Å². The monoisotopic (exact) mass is 497 g/mol. The summed E-state index contributed by atoms with van der Waals surface area (Å²) in [6.45, 7) is 5.32. The van der Waals surface area contributed by atoms with Gasteiger partial charge in [-0.3, -0.25) is 4.79 Å². The summed E-state index contributed by atoms with van der Waals surface area (Å²) in [6.07, 6.45) is 0.764. The number of carboxylic acid groups (broad SMARTS) is 1. The van der Waals surface area contributed by atoms with Crippen molar-refractivity contribution in [3.05, 3.63) is 47.0 Å². The molecule has 0 spiro atoms. The number of amides is 1. The number of carbonyl (C=O) groups is 2. The number of hydrogen-bond acceptors (Lipinski definition) is 6. The molecule has 35 heavy (non-hydrogen) atoms. The molecule has 2 atom stereocenters. The predicted octanol–water partition coefficient (Wildman–Crippen LogP) is -1.05. The number of aromatic nitrogens is 2. The molecule has 1 aliphatic rings. The summed E-state index contributed by atoms with van der Waals surface area (Å²) in [5.74, 6) is -1.93. The van der Waals surface area contributed by atoms with Crippen LogP contribution < -0.4 is 34.7 Å². The van der Waals surface area contributed by atoms with E-state index in [9.17, 15) is 29.3 Å². The van der Waals surface area contributed by atoms with Gasteiger partial charge in [-0.05, 0) is 68.7 Å². The first-order chi connectivity index (χ1) is 16.2. The summed E-state index contributed by atoms with van der Waals surface area (Å²) >= 11 is 0. The third-order valence-corrected chi connectivity index (χ3v) is 6.18. The van der Waals surface area contributed by atoms with Crippen LogP contribution in [-0.2, 0) is 11.2 Å². The summed E-state index contributed by atoms with van der Waals surface area (Å²) in [5.41, 5.74) is 2.47. The Morgan fingerprint density at radius 3 is 2.29 bits per heavy atom. The molecule has 1 amide bonds. The molecular formula is C25H33FN3NaO5. The number of likely N-dealkylation sites (tertiary alicyclic amines) is 1. The standard InChI is InChI=1S/C25H34FN3O5.Na/c1-16(2)23-21(11-10-19(30)14-20(31)15-22(32)33)29(18-8-6-17(26)7-9-18)27-24(23)25(34)28-12-4-3-5-13-28;/h6-9,16,19-20,30-31H,3-5,10-15H2,1-2H3,(H,32,33);/q;+1/p-1/t19-,20-;/m1./s1. The van der Waals surface area contributed by atoms with Gasteiger partial charge in [-0.1, -0.05) is 13.8 Å². The molecule has 0 bridgehead atoms. The number of carbonyl (C=O) groups excluding carboxylic acids is 2. The van der Waals surface area contributed by atoms with E-state index in [0.717, 1.165) is 30.5 Å². The Morgan fingerprint density at radius 2 is 1.71 bits per heavy atom. The normalized spacial score (nSPS) is 15.5. The van der Waals surface area contributed by atoms with Gasteiger partial charge >= 0.3 is 29.6 Å². The zero-order valence-electron chi connectivity index (χ0n) is 20.7. The summed E-state index contributed by atoms with van der Waals surface area (Å²) in [5, 5.41) is 35.6. The second-order valence-corrected chi connectivity index (χ2v) is 9.26. The summed E-state index contributed by atoms with van der Waals surface area (Å²) in [6, 6.07) is 5.83. The molecule has 1 saturated heterocycles. The topological polar surface area (TPSA) is 119 Å². The van der Waals surface area contributed by atoms with E-state index < -0.39 is 24.6 Å². The maximum absolute atomic E-state index is 13.6. The summed E-state index contributed by atoms with van der Waals surface area (Å²) in [4.78, 5) is 25.9. The Kier molecular flexibility index (Phi) is 11.4. The van der Waals surface area contributed by atoms with E-state index in [-0.39, 0.29) is 60.0 Å². The number of carboxylic acids is 1. The van der Waals surface area contributed by atoms with Crippen LogP contribution in [0.1, 0.15) is 80.0 Å². The molecule has 3 rings (SSSR count). The molecule has 186 valence electrons. The number of piperidine rings is 1. The Bertz CT molecular complexity index is 990. The maximum atomic E-state index is 13.6. The molecular weight excluding hydrogens is 464 g/mol. The van der Waals surface area contributed by atoms with Gasteiger partial charge in [0.15, 0.2) is 5.69 Å². The molecule has 1 aliphatic heterocycles. The van der Waals surface area contributed by atoms with Gasteiger partial charge in [0, 0.05) is 36.7 Å². The number of aliphatic hydroxyl groups excluding tert-OH is 2. The Morgan fingerprint density at radius 1 is 1.09 bits per heavy atom. The minimum atomic E-state index is -1.38. The number of benzene rings is 1. The van der Waals surface area contributed by atoms with Gasteiger partial charge in [0.1, 0.15) is 5.82 Å². The van der Waals surface area contributed by atoms with Crippen LogP contribution in [0.3, 0.4) is 0 Å². The molecule has 0 radical (unpaired) electrons. The molecule has 0 unspecified atom stereocenters. The minimum Gasteiger partial charge on any atom is -0.550 e. The number of hydrogen-bond donors (Lipinski definition) is 2. The average molecular weight is 498 g/mol. The number of nitrogens with zero attached hydrogens (tertiary/aromatic N) is 3. The van der Waals surface area contributed by atoms with Crippen molar-refractivity contribution in [3.63, 3.8) is 0 Å². The van der Waals surface area contributed by atoms with Crippen molar-refractivity contribution in [1.82, 2.24) is 14.7 Å². The molecule has 1 aromatic carbocycles. The molecule has 8 nitrogen and oxygen atoms in total. The molecule has 0 saturated carbocycles. The van der Waals surface area contributed by atoms with Crippen LogP contribution in [0, 0.1) is 5.82 Å². The van der Waals surface area contributed by atoms with Crippen LogP contribution in [0.25, 0.3) is 5.69 Å². The fourth-order valence-electron chi connectivity index (χ4n) is 4.52. The molecule has 10 heteroatoms. The molecule has 1 fully saturated rings. The molecule has 2 heterocycles. The smallest absolute Gasteiger partial charge is 0.550 e. The molecule has 2 N–H and O–H groups in total. The summed E-state index contributed by atoms with van der Waals surface area (Å²) < 4.78 is 15.2. The second-order valence-electron chi connectivity index (χ2n) is 9.26. The van der Waals surface area contributed by atoms with Crippen LogP contribution in [0.5, 0.6) is 0 Å². The van der Waals surface area contributed by atoms with Gasteiger partial charge in [-0.2, -0.15) is 5.10 Å². The van der Waals surface area contributed by atoms with Gasteiger partial charge in [0.05, 0.1) is 17.9 Å². The number of halogens is 1. The van der Waals surface area contributed by atoms with Crippen molar-refractivity contribution in [1.29, 1.82) is 0 Å². The van der Waals surface area contributed by atoms with Gasteiger partial charge < -0.3 is 25.0 Å². The fraction of sp³-hybridized carbons (Fsp3) is 0.560. The zero-order chi connectivity index (χ0) is 24.8. The fourth-order valence-corrected chi connectivity index (χ4v) is 4.52. The van der Waals surface area contributed by atoms with Crippen molar-refractivity contribution in [2.75, 3.05) is 13.1 Å². The van der Waals surface area contributed by atoms with Gasteiger partial charge in [-0.25, -0.2) is 9.07 Å². The van der Waals surface area contributed by atoms with Gasteiger partial charge in [0.2, 0.25) is 0 Å². The van der Waals surface area contributed by atoms with E-state index in [4.69, 9.17) is 0 Å². The van der Waals surface area contributed by atoms with Crippen molar-refractivity contribution in [2.45, 2.75) is 76.9 Å². The summed E-state index contributed by atoms with van der Waals surface area (Å²) in [7, 11) is 0. The van der Waals surface area contributed by atoms with Crippen LogP contribution >= 0.6 is 0 Å². The van der Waals surface area contributed by atoms with E-state index >= 15 is 0 Å². The minimum absolute atomic E-state index is 0. The van der Waals surface area contributed by atoms with Crippen molar-refractivity contribution >= 4 is 11.9 Å². The van der Waals surface area contributed by atoms with Gasteiger partial charge in [0.25, 0.3) is 5.91 Å². The van der Waals surface area contributed by atoms with Crippen LogP contribution in [-0.4, -0.2) is 62.1 Å². The Hall–Kier alpha value is -1.78. The SMILES string of the molecule is CC(C)c1c(C(=O)N2CCCCC2)nn(-c2ccc(F)cc2)c1CC[C@@H](O)C[C@@H](O)CC(=O)[O-].[Na+]. The van der Waals surface area contributed by atoms with Crippen LogP contribution in [0.2, 0.25) is 0 Å². The first-order valence-electron chi connectivity index (χ1n) is 11.9. The zero-order valence-corrected chi connectivity index (χ0v) is 22.7. The Balaban J connectivity index is 0.00000432. The van der Waals surface area contributed by atoms with E-state index in [0.29, 0.717) is 30.9 Å². The number of aliphatic hydroxyl groups is 2. The average Bonchev–Trinajstić information content (AvgIpc) is 3.17. The first kappa shape index (κ1) is 29.5. The van der Waals surface area contributed by atoms with E-state index in [1.807, 2.05) is 18.7 Å². The maximum Gasteiger partial charge on any atom is 1.00 e. The second kappa shape index (κ2) is 13.5. The quantitative estimate of drug-likeness (QED) is 0.405. The number of rotatable bonds is 10. The largest absolute Gasteiger partial charge is 1.00 e. The first-order valence-corrected chi connectivity index (χ1v) is 11.9. The van der Waals surface area contributed by atoms with Crippen LogP contribution in [0.15, 0.2) is 24.3 Å². The van der Waals surface area contributed by atoms with Crippen LogP contribution in [0.4, 0.5) is 4.39 Å². The molecule has 1 aromatic heterocycles. The number of aliphatic carboxylic acids is 1. The third-order valence-electron chi connectivity index (χ3n) is 6.18. The Labute approximate surface area is 227 Å². The molecule has 0 aliphatic carbocycles. The van der Waals surface area contributed by atoms with Gasteiger partial charge in [-0.15, -0.1) is 0 Å². The van der Waals surface area contributed by atoms with Crippen molar-refractivity contribution in [2.24, 2.45) is 0 Å². The van der Waals surface area contributed by atoms with E-state index in [1.165, 1.54) is 12.1 Å².